The molecule has 284 valence electrons. The third-order valence-corrected chi connectivity index (χ3v) is 13.3. The van der Waals surface area contributed by atoms with Crippen LogP contribution in [0.5, 0.6) is 5.75 Å². The van der Waals surface area contributed by atoms with Crippen molar-refractivity contribution in [2.24, 2.45) is 0 Å². The summed E-state index contributed by atoms with van der Waals surface area (Å²) < 4.78 is 8.07. The molecule has 1 N–H and O–H groups in total. The molecule has 55 heavy (non-hydrogen) atoms. The summed E-state index contributed by atoms with van der Waals surface area (Å²) in [4.78, 5) is 70.3. The van der Waals surface area contributed by atoms with Crippen LogP contribution in [0.3, 0.4) is 0 Å². The van der Waals surface area contributed by atoms with Crippen molar-refractivity contribution in [3.63, 3.8) is 0 Å². The number of ether oxygens (including phenoxy) is 1. The van der Waals surface area contributed by atoms with E-state index in [2.05, 4.69) is 56.2 Å². The van der Waals surface area contributed by atoms with Crippen LogP contribution in [0.2, 0.25) is 0 Å². The van der Waals surface area contributed by atoms with Crippen molar-refractivity contribution in [1.29, 1.82) is 5.26 Å². The molecule has 1 unspecified atom stereocenters. The van der Waals surface area contributed by atoms with Crippen molar-refractivity contribution in [2.75, 3.05) is 24.5 Å². The maximum atomic E-state index is 13.5. The van der Waals surface area contributed by atoms with E-state index in [1.54, 1.807) is 6.07 Å². The average molecular weight is 855 g/mol. The molecule has 1 saturated carbocycles. The highest BCUT2D eigenvalue weighted by Crippen LogP contribution is 2.35. The Morgan fingerprint density at radius 2 is 1.55 bits per heavy atom. The van der Waals surface area contributed by atoms with Crippen LogP contribution < -0.4 is 15.0 Å². The first-order valence-corrected chi connectivity index (χ1v) is 20.2. The van der Waals surface area contributed by atoms with Crippen molar-refractivity contribution in [1.82, 2.24) is 18.2 Å². The zero-order chi connectivity index (χ0) is 38.4. The molecule has 0 spiro atoms. The quantitative estimate of drug-likeness (QED) is 0.186. The third-order valence-electron chi connectivity index (χ3n) is 12.0. The summed E-state index contributed by atoms with van der Waals surface area (Å²) >= 11 is 2.17. The van der Waals surface area contributed by atoms with Gasteiger partial charge in [0.25, 0.3) is 17.7 Å². The number of piperidine rings is 2. The molecule has 0 aromatic heterocycles. The van der Waals surface area contributed by atoms with Gasteiger partial charge in [-0.05, 0) is 130 Å². The number of anilines is 1. The molecule has 2 saturated heterocycles. The minimum absolute atomic E-state index is 0.0173. The molecule has 5 aliphatic rings. The number of hydrogen-bond acceptors (Lipinski definition) is 9. The average Bonchev–Trinajstić information content (AvgIpc) is 3.44. The highest BCUT2D eigenvalue weighted by atomic mass is 127. The lowest BCUT2D eigenvalue weighted by molar-refractivity contribution is -0.136. The molecule has 0 bridgehead atoms. The number of rotatable bonds is 7. The van der Waals surface area contributed by atoms with Gasteiger partial charge in [0.15, 0.2) is 0 Å². The molecule has 0 radical (unpaired) electrons. The van der Waals surface area contributed by atoms with E-state index in [9.17, 15) is 29.2 Å². The van der Waals surface area contributed by atoms with Crippen LogP contribution in [0.1, 0.15) is 105 Å². The molecule has 3 fully saturated rings. The van der Waals surface area contributed by atoms with E-state index < -0.39 is 23.8 Å². The van der Waals surface area contributed by atoms with E-state index in [1.165, 1.54) is 0 Å². The fraction of sp³-hybridized carbons (Fsp3) is 0.429. The minimum Gasteiger partial charge on any atom is -0.490 e. The summed E-state index contributed by atoms with van der Waals surface area (Å²) in [6.07, 6.45) is 6.55. The van der Waals surface area contributed by atoms with Gasteiger partial charge in [-0.1, -0.05) is 0 Å². The number of imide groups is 2. The van der Waals surface area contributed by atoms with E-state index in [0.717, 1.165) is 97.6 Å². The monoisotopic (exact) mass is 854 g/mol. The van der Waals surface area contributed by atoms with E-state index in [-0.39, 0.29) is 36.8 Å². The van der Waals surface area contributed by atoms with E-state index >= 15 is 0 Å². The van der Waals surface area contributed by atoms with Crippen LogP contribution in [0.25, 0.3) is 0 Å². The van der Waals surface area contributed by atoms with Crippen molar-refractivity contribution >= 4 is 58.1 Å². The number of nitrogens with zero attached hydrogens (tertiary/aromatic N) is 5. The minimum atomic E-state index is -0.967. The van der Waals surface area contributed by atoms with Gasteiger partial charge in [-0.25, -0.2) is 0 Å². The smallest absolute Gasteiger partial charge is 0.262 e. The van der Waals surface area contributed by atoms with Crippen LogP contribution in [-0.2, 0) is 22.6 Å². The van der Waals surface area contributed by atoms with Crippen LogP contribution in [0, 0.1) is 18.3 Å². The highest BCUT2D eigenvalue weighted by Gasteiger charge is 2.45. The molecular formula is C42H43IN6O6. The zero-order valence-corrected chi connectivity index (χ0v) is 32.9. The number of aryl methyl sites for hydroxylation is 1. The van der Waals surface area contributed by atoms with Crippen LogP contribution >= 0.6 is 22.9 Å². The van der Waals surface area contributed by atoms with Gasteiger partial charge < -0.3 is 9.64 Å². The summed E-state index contributed by atoms with van der Waals surface area (Å²) in [6, 6.07) is 19.0. The van der Waals surface area contributed by atoms with Crippen LogP contribution in [0.4, 0.5) is 5.69 Å². The SMILES string of the molecule is Cc1cc(O[C@H]2CC[C@H](N(I)C(=O)c3ccc(N4CCC(N5CCc6cc7c(cc6C5)C(=O)N(C5CCC(=O)NC5=O)C7=O)CC4)cc3)CC2)ccc1C#N. The Hall–Kier alpha value is -4.81. The van der Waals surface area contributed by atoms with Crippen molar-refractivity contribution in [3.8, 4) is 11.8 Å². The van der Waals surface area contributed by atoms with Gasteiger partial charge in [-0.2, -0.15) is 5.26 Å². The number of amides is 5. The summed E-state index contributed by atoms with van der Waals surface area (Å²) in [5.41, 5.74) is 6.14. The standard InChI is InChI=1S/C42H43IN6O6/c1-25-20-34(9-4-28(25)23-44)55-33-10-7-32(8-11-33)49(43)40(52)26-2-5-30(6-3-26)46-18-15-31(16-19-46)47-17-14-27-21-35-36(22-29(27)24-47)42(54)48(41(35)53)37-12-13-38(50)45-39(37)51/h2-6,9,20-22,31-33,37H,7-8,10-19,24H2,1H3,(H,45,50,51)/t32-,33-,37?. The number of hydrogen-bond donors (Lipinski definition) is 1. The fourth-order valence-electron chi connectivity index (χ4n) is 8.87. The van der Waals surface area contributed by atoms with Crippen LogP contribution in [0.15, 0.2) is 54.6 Å². The Bertz CT molecular complexity index is 2100. The molecule has 1 aliphatic carbocycles. The molecule has 1 atom stereocenters. The number of carbonyl (C=O) groups is 5. The Morgan fingerprint density at radius 3 is 2.20 bits per heavy atom. The molecule has 3 aromatic carbocycles. The lowest BCUT2D eigenvalue weighted by Crippen LogP contribution is -2.54. The van der Waals surface area contributed by atoms with E-state index in [1.807, 2.05) is 46.4 Å². The first kappa shape index (κ1) is 37.1. The van der Waals surface area contributed by atoms with Gasteiger partial charge >= 0.3 is 0 Å². The predicted octanol–water partition coefficient (Wildman–Crippen LogP) is 5.48. The second kappa shape index (κ2) is 15.4. The van der Waals surface area contributed by atoms with Crippen molar-refractivity contribution < 1.29 is 28.7 Å². The number of benzene rings is 3. The molecule has 4 heterocycles. The first-order valence-electron chi connectivity index (χ1n) is 19.2. The summed E-state index contributed by atoms with van der Waals surface area (Å²) in [5.74, 6) is -1.11. The summed E-state index contributed by atoms with van der Waals surface area (Å²) in [7, 11) is 0. The number of carbonyl (C=O) groups excluding carboxylic acids is 5. The number of fused-ring (bicyclic) bond motifs is 2. The second-order valence-electron chi connectivity index (χ2n) is 15.4. The summed E-state index contributed by atoms with van der Waals surface area (Å²) in [5, 5.41) is 11.5. The van der Waals surface area contributed by atoms with Gasteiger partial charge in [0, 0.05) is 55.9 Å². The number of halogens is 1. The molecule has 8 rings (SSSR count). The highest BCUT2D eigenvalue weighted by molar-refractivity contribution is 14.1. The van der Waals surface area contributed by atoms with Gasteiger partial charge in [0.05, 0.1) is 51.7 Å². The zero-order valence-electron chi connectivity index (χ0n) is 30.8. The Kier molecular flexibility index (Phi) is 10.4. The Balaban J connectivity index is 0.822. The molecule has 12 nitrogen and oxygen atoms in total. The predicted molar refractivity (Wildman–Crippen MR) is 212 cm³/mol. The van der Waals surface area contributed by atoms with Crippen molar-refractivity contribution in [2.45, 2.75) is 95.5 Å². The van der Waals surface area contributed by atoms with Gasteiger partial charge in [0.1, 0.15) is 11.8 Å². The largest absolute Gasteiger partial charge is 0.490 e. The Morgan fingerprint density at radius 1 is 0.855 bits per heavy atom. The lowest BCUT2D eigenvalue weighted by atomic mass is 9.92. The molecule has 5 amide bonds. The Labute approximate surface area is 334 Å². The van der Waals surface area contributed by atoms with Gasteiger partial charge in [-0.3, -0.25) is 42.2 Å². The second-order valence-corrected chi connectivity index (χ2v) is 16.4. The number of nitrogens with one attached hydrogen (secondary N) is 1. The maximum Gasteiger partial charge on any atom is 0.262 e. The van der Waals surface area contributed by atoms with E-state index in [0.29, 0.717) is 34.8 Å². The van der Waals surface area contributed by atoms with Gasteiger partial charge in [-0.15, -0.1) is 0 Å². The topological polar surface area (TPSA) is 143 Å². The third kappa shape index (κ3) is 7.34. The first-order chi connectivity index (χ1) is 26.6. The lowest BCUT2D eigenvalue weighted by Gasteiger charge is -2.41. The maximum absolute atomic E-state index is 13.5. The molecule has 13 heteroatoms. The van der Waals surface area contributed by atoms with Crippen molar-refractivity contribution in [3.05, 3.63) is 93.5 Å². The van der Waals surface area contributed by atoms with Crippen LogP contribution in [-0.4, -0.2) is 86.3 Å². The summed E-state index contributed by atoms with van der Waals surface area (Å²) in [6.45, 7) is 5.27. The molecule has 3 aromatic rings. The van der Waals surface area contributed by atoms with E-state index in [4.69, 9.17) is 4.74 Å². The molecular weight excluding hydrogens is 811 g/mol. The number of nitriles is 1. The van der Waals surface area contributed by atoms with Gasteiger partial charge in [0.2, 0.25) is 11.8 Å². The fourth-order valence-corrected chi connectivity index (χ4v) is 9.71. The normalized spacial score (nSPS) is 23.2. The molecule has 4 aliphatic heterocycles.